The smallest absolute Gasteiger partial charge is 0.407 e. The first-order chi connectivity index (χ1) is 58.3. The summed E-state index contributed by atoms with van der Waals surface area (Å²) in [6.45, 7) is 19.6. The maximum absolute atomic E-state index is 14.7. The molecule has 0 radical (unpaired) electrons. The van der Waals surface area contributed by atoms with Crippen LogP contribution in [0, 0.1) is 35.5 Å². The zero-order chi connectivity index (χ0) is 87.2. The van der Waals surface area contributed by atoms with Crippen LogP contribution in [0.4, 0.5) is 16.6 Å². The van der Waals surface area contributed by atoms with E-state index in [2.05, 4.69) is 25.6 Å². The molecule has 1 aliphatic carbocycles. The second-order valence-electron chi connectivity index (χ2n) is 31.9. The van der Waals surface area contributed by atoms with Gasteiger partial charge in [-0.15, -0.1) is 0 Å². The quantitative estimate of drug-likeness (QED) is 0.0106. The maximum Gasteiger partial charge on any atom is 0.407 e. The number of allylic oxidation sites excluding steroid dienone is 6. The minimum absolute atomic E-state index is 0.0188. The molecule has 8 rings (SSSR count). The van der Waals surface area contributed by atoms with Crippen molar-refractivity contribution in [2.24, 2.45) is 35.5 Å². The van der Waals surface area contributed by atoms with Crippen LogP contribution in [0.1, 0.15) is 145 Å². The number of ketones is 3. The average Bonchev–Trinajstić information content (AvgIpc) is 1.75. The lowest BCUT2D eigenvalue weighted by Crippen LogP contribution is -2.61. The highest BCUT2D eigenvalue weighted by atomic mass is 16.6. The molecule has 3 aliphatic heterocycles. The lowest BCUT2D eigenvalue weighted by Gasteiger charge is -2.42. The van der Waals surface area contributed by atoms with Gasteiger partial charge in [0.25, 0.3) is 17.7 Å². The maximum atomic E-state index is 14.7. The number of unbranched alkanes of at least 4 members (excludes halogenated alkanes) is 1. The summed E-state index contributed by atoms with van der Waals surface area (Å²) in [7, 11) is 4.48. The number of hydrogen-bond donors (Lipinski definition) is 6. The number of alkyl carbamates (subject to hydrolysis) is 1. The number of cyclic esters (lactones) is 1. The summed E-state index contributed by atoms with van der Waals surface area (Å²) < 4.78 is 87.9. The number of nitrogen functional groups attached to an aromatic ring is 2. The van der Waals surface area contributed by atoms with Crippen molar-refractivity contribution in [1.29, 1.82) is 0 Å². The van der Waals surface area contributed by atoms with Gasteiger partial charge < -0.3 is 108 Å². The number of benzene rings is 1. The fourth-order valence-electron chi connectivity index (χ4n) is 15.6. The zero-order valence-corrected chi connectivity index (χ0v) is 72.3. The van der Waals surface area contributed by atoms with Gasteiger partial charge in [-0.2, -0.15) is 10.1 Å². The first-order valence-electron chi connectivity index (χ1n) is 42.8. The van der Waals surface area contributed by atoms with Gasteiger partial charge in [-0.25, -0.2) is 24.2 Å². The average molecular weight is 1700 g/mol. The molecule has 3 amide bonds. The molecule has 4 aliphatic rings. The molecule has 0 spiro atoms. The molecule has 8 N–H and O–H groups in total. The van der Waals surface area contributed by atoms with Crippen molar-refractivity contribution in [2.45, 2.75) is 206 Å². The number of aliphatic hydroxyl groups excluding tert-OH is 1. The third kappa shape index (κ3) is 31.0. The van der Waals surface area contributed by atoms with Gasteiger partial charge in [0.15, 0.2) is 17.0 Å². The molecular formula is C87H132N10O24. The molecule has 2 bridgehead atoms. The Morgan fingerprint density at radius 2 is 1.37 bits per heavy atom. The number of carbonyl (C=O) groups excluding carboxylic acids is 7. The van der Waals surface area contributed by atoms with Crippen molar-refractivity contribution in [3.63, 3.8) is 0 Å². The molecule has 34 heteroatoms. The van der Waals surface area contributed by atoms with Crippen molar-refractivity contribution >= 4 is 75.2 Å². The number of hydrogen-bond acceptors (Lipinski definition) is 30. The van der Waals surface area contributed by atoms with E-state index in [1.165, 1.54) is 18.3 Å². The van der Waals surface area contributed by atoms with E-state index in [1.54, 1.807) is 58.7 Å². The van der Waals surface area contributed by atoms with Crippen molar-refractivity contribution in [3.8, 4) is 11.3 Å². The van der Waals surface area contributed by atoms with Crippen LogP contribution >= 0.6 is 0 Å². The first-order valence-corrected chi connectivity index (χ1v) is 42.8. The SMILES string of the molecule is CO[C@H]1C[C@@H]2CC[C@@H](C)[C@@](O)(O2)C(=O)C(=O)N2CCCC[C@H]2C(=O)O[C@H]([C@H](C)C[C@@H]2CCC(OC(=O)NCCOCCOCCOCCOCCOCCOCCOCCOCCC(=O)NCCCCn3nc(-c4ccc5oc(N)nc5c4)c4c(N)ncnc43)[C@H](OC)C2)CC(=O)[C@H](C)/C=C(\C)[C@@H](O)[C@@H](OC)C(=O)[C@H](C)C[C@H](C)/C=C/C=C/C=C/1C. The highest BCUT2D eigenvalue weighted by Gasteiger charge is 2.53. The van der Waals surface area contributed by atoms with Crippen molar-refractivity contribution in [1.82, 2.24) is 40.3 Å². The minimum Gasteiger partial charge on any atom is -0.460 e. The number of oxazole rings is 1. The van der Waals surface area contributed by atoms with Gasteiger partial charge in [-0.1, -0.05) is 71.1 Å². The van der Waals surface area contributed by atoms with E-state index >= 15 is 0 Å². The third-order valence-electron chi connectivity index (χ3n) is 22.7. The van der Waals surface area contributed by atoms with Gasteiger partial charge in [0.2, 0.25) is 11.7 Å². The number of nitrogens with zero attached hydrogens (tertiary/aromatic N) is 6. The largest absolute Gasteiger partial charge is 0.460 e. The number of carbonyl (C=O) groups is 7. The Morgan fingerprint density at radius 3 is 2.02 bits per heavy atom. The van der Waals surface area contributed by atoms with Crippen LogP contribution < -0.4 is 22.1 Å². The first kappa shape index (κ1) is 98.4. The summed E-state index contributed by atoms with van der Waals surface area (Å²) in [5.74, 6) is -8.44. The zero-order valence-electron chi connectivity index (χ0n) is 72.3. The number of nitrogens with two attached hydrogens (primary N) is 2. The number of aromatic nitrogens is 5. The van der Waals surface area contributed by atoms with Crippen LogP contribution in [0.15, 0.2) is 76.5 Å². The number of fused-ring (bicyclic) bond motifs is 5. The summed E-state index contributed by atoms with van der Waals surface area (Å²) in [6.07, 6.45) is 12.4. The van der Waals surface area contributed by atoms with Crippen molar-refractivity contribution in [2.75, 3.05) is 158 Å². The number of Topliss-reactive ketones (excluding diaryl/α,β-unsaturated/α-hetero) is 3. The monoisotopic (exact) mass is 1700 g/mol. The summed E-state index contributed by atoms with van der Waals surface area (Å²) in [5, 5.41) is 34.9. The van der Waals surface area contributed by atoms with Crippen LogP contribution in [0.25, 0.3) is 33.4 Å². The summed E-state index contributed by atoms with van der Waals surface area (Å²) in [4.78, 5) is 112. The molecule has 121 heavy (non-hydrogen) atoms. The standard InChI is InChI=1S/C87H132N10O24/c1-56-18-12-11-13-19-57(2)71(107-8)53-65-24-21-62(7)87(106,121-65)80(102)83(103)96-30-16-14-20-67(96)84(104)118-72(54-68(98)58(3)49-61(6)78(101)79(109-10)77(100)60(5)48-56)59(4)50-63-22-25-70(73(51-63)108-9)120-86(105)91-29-33-111-35-37-113-39-41-115-43-45-117-47-46-116-44-42-114-40-38-112-36-34-110-32-27-74(99)90-28-15-17-31-97-82-75(81(88)92-55-93-82)76(95-97)64-23-26-69-66(52-64)94-85(89)119-69/h11-13,18-19,23,26,49,52,55-56,58-60,62-63,65,67,70-73,78-79,101,106H,14-17,20-22,24-25,27-48,50-51,53-54H2,1-10H3,(H2,89,94)(H,90,99)(H,91,105)(H2,88,92,93)/b13-11+,18-12+,57-19+,61-49+/t56-,58-,59-,60-,62-,63+,65+,67+,70?,71+,72+,73-,78-,79+,87-/m1/s1. The lowest BCUT2D eigenvalue weighted by atomic mass is 9.78. The molecule has 3 fully saturated rings. The second kappa shape index (κ2) is 51.9. The molecular weight excluding hydrogens is 1570 g/mol. The van der Waals surface area contributed by atoms with Gasteiger partial charge in [0, 0.05) is 90.1 Å². The number of aryl methyl sites for hydroxylation is 1. The van der Waals surface area contributed by atoms with E-state index in [0.29, 0.717) is 203 Å². The number of nitrogens with one attached hydrogen (secondary N) is 2. The van der Waals surface area contributed by atoms with Gasteiger partial charge in [-0.3, -0.25) is 24.0 Å². The predicted octanol–water partition coefficient (Wildman–Crippen LogP) is 8.15. The number of amides is 3. The minimum atomic E-state index is -2.48. The molecule has 34 nitrogen and oxygen atoms in total. The Balaban J connectivity index is 0.653. The number of piperidine rings is 1. The summed E-state index contributed by atoms with van der Waals surface area (Å²) in [6, 6.07) is 4.35. The van der Waals surface area contributed by atoms with Crippen LogP contribution in [0.3, 0.4) is 0 Å². The number of ether oxygens (including phenoxy) is 14. The number of esters is 1. The van der Waals surface area contributed by atoms with Crippen LogP contribution in [0.5, 0.6) is 0 Å². The van der Waals surface area contributed by atoms with E-state index in [0.717, 1.165) is 24.0 Å². The molecule has 15 atom stereocenters. The molecule has 1 saturated carbocycles. The predicted molar refractivity (Wildman–Crippen MR) is 448 cm³/mol. The Hall–Kier alpha value is -8.07. The van der Waals surface area contributed by atoms with Crippen LogP contribution in [0.2, 0.25) is 0 Å². The summed E-state index contributed by atoms with van der Waals surface area (Å²) in [5.41, 5.74) is 16.4. The lowest BCUT2D eigenvalue weighted by molar-refractivity contribution is -0.265. The van der Waals surface area contributed by atoms with Gasteiger partial charge in [-0.05, 0) is 138 Å². The number of methoxy groups -OCH3 is 3. The highest BCUT2D eigenvalue weighted by molar-refractivity contribution is 6.39. The van der Waals surface area contributed by atoms with Crippen LogP contribution in [-0.2, 0) is 102 Å². The number of anilines is 2. The van der Waals surface area contributed by atoms with E-state index in [9.17, 15) is 43.8 Å². The molecule has 1 unspecified atom stereocenters. The fourth-order valence-corrected chi connectivity index (χ4v) is 15.6. The van der Waals surface area contributed by atoms with Gasteiger partial charge >= 0.3 is 12.1 Å². The molecule has 3 aromatic heterocycles. The van der Waals surface area contributed by atoms with Crippen molar-refractivity contribution in [3.05, 3.63) is 72.1 Å². The fraction of sp³-hybridized carbons (Fsp3) is 0.690. The molecule has 1 aromatic carbocycles. The highest BCUT2D eigenvalue weighted by Crippen LogP contribution is 2.39. The Bertz CT molecular complexity index is 4020. The third-order valence-corrected chi connectivity index (χ3v) is 22.7. The van der Waals surface area contributed by atoms with Gasteiger partial charge in [0.05, 0.1) is 129 Å². The van der Waals surface area contributed by atoms with E-state index in [4.69, 9.17) is 87.3 Å². The Morgan fingerprint density at radius 1 is 0.711 bits per heavy atom. The molecule has 674 valence electrons. The Labute approximate surface area is 709 Å². The number of rotatable bonds is 40. The summed E-state index contributed by atoms with van der Waals surface area (Å²) >= 11 is 0. The second-order valence-corrected chi connectivity index (χ2v) is 31.9. The van der Waals surface area contributed by atoms with Gasteiger partial charge in [0.1, 0.15) is 59.6 Å². The molecule has 2 saturated heterocycles. The number of aliphatic hydroxyl groups is 2. The van der Waals surface area contributed by atoms with E-state index in [-0.39, 0.29) is 87.3 Å². The normalized spacial score (nSPS) is 27.2. The van der Waals surface area contributed by atoms with E-state index < -0.39 is 102 Å². The topological polar surface area (TPSA) is 438 Å². The van der Waals surface area contributed by atoms with E-state index in [1.807, 2.05) is 63.3 Å². The van der Waals surface area contributed by atoms with Crippen molar-refractivity contribution < 1.29 is 115 Å². The molecule has 6 heterocycles. The van der Waals surface area contributed by atoms with Crippen LogP contribution in [-0.4, -0.2) is 282 Å². The molecule has 4 aromatic rings. The Kier molecular flexibility index (Phi) is 42.2.